The number of hydrogen-bond donors (Lipinski definition) is 1. The second kappa shape index (κ2) is 8.02. The summed E-state index contributed by atoms with van der Waals surface area (Å²) in [6.07, 6.45) is 3.17. The zero-order valence-electron chi connectivity index (χ0n) is 12.6. The van der Waals surface area contributed by atoms with Crippen molar-refractivity contribution in [3.63, 3.8) is 0 Å². The fourth-order valence-electron chi connectivity index (χ4n) is 2.09. The van der Waals surface area contributed by atoms with E-state index in [4.69, 9.17) is 4.42 Å². The van der Waals surface area contributed by atoms with Gasteiger partial charge in [0.15, 0.2) is 0 Å². The van der Waals surface area contributed by atoms with Crippen LogP contribution in [0.1, 0.15) is 29.3 Å². The van der Waals surface area contributed by atoms with Crippen molar-refractivity contribution >= 4 is 11.8 Å². The Labute approximate surface area is 129 Å². The van der Waals surface area contributed by atoms with Crippen LogP contribution in [0, 0.1) is 0 Å². The maximum atomic E-state index is 12.2. The highest BCUT2D eigenvalue weighted by Crippen LogP contribution is 2.06. The van der Waals surface area contributed by atoms with Crippen LogP contribution in [0.5, 0.6) is 0 Å². The number of furan rings is 1. The number of carbonyl (C=O) groups is 2. The lowest BCUT2D eigenvalue weighted by Gasteiger charge is -2.19. The molecule has 5 heteroatoms. The summed E-state index contributed by atoms with van der Waals surface area (Å²) >= 11 is 0. The average molecular weight is 300 g/mol. The van der Waals surface area contributed by atoms with Crippen LogP contribution in [0.4, 0.5) is 0 Å². The molecule has 22 heavy (non-hydrogen) atoms. The van der Waals surface area contributed by atoms with Gasteiger partial charge in [-0.2, -0.15) is 0 Å². The third-order valence-electron chi connectivity index (χ3n) is 3.38. The first-order chi connectivity index (χ1) is 10.7. The zero-order valence-corrected chi connectivity index (χ0v) is 12.6. The molecule has 0 fully saturated rings. The van der Waals surface area contributed by atoms with Gasteiger partial charge in [-0.1, -0.05) is 30.3 Å². The van der Waals surface area contributed by atoms with Gasteiger partial charge in [-0.25, -0.2) is 0 Å². The number of nitrogens with one attached hydrogen (secondary N) is 1. The van der Waals surface area contributed by atoms with Crippen molar-refractivity contribution in [3.8, 4) is 0 Å². The van der Waals surface area contributed by atoms with Crippen molar-refractivity contribution in [2.75, 3.05) is 13.1 Å². The Morgan fingerprint density at radius 2 is 1.95 bits per heavy atom. The van der Waals surface area contributed by atoms with Gasteiger partial charge in [0.1, 0.15) is 6.26 Å². The molecule has 2 aromatic rings. The van der Waals surface area contributed by atoms with Gasteiger partial charge in [0, 0.05) is 26.1 Å². The number of hydrogen-bond acceptors (Lipinski definition) is 3. The van der Waals surface area contributed by atoms with E-state index in [2.05, 4.69) is 5.32 Å². The highest BCUT2D eigenvalue weighted by atomic mass is 16.3. The Hall–Kier alpha value is -2.56. The Kier molecular flexibility index (Phi) is 5.77. The van der Waals surface area contributed by atoms with Crippen LogP contribution >= 0.6 is 0 Å². The molecule has 0 aliphatic carbocycles. The summed E-state index contributed by atoms with van der Waals surface area (Å²) in [6.45, 7) is 3.33. The molecule has 0 saturated heterocycles. The quantitative estimate of drug-likeness (QED) is 0.854. The van der Waals surface area contributed by atoms with E-state index in [-0.39, 0.29) is 18.2 Å². The van der Waals surface area contributed by atoms with E-state index >= 15 is 0 Å². The van der Waals surface area contributed by atoms with Crippen molar-refractivity contribution in [2.24, 2.45) is 0 Å². The summed E-state index contributed by atoms with van der Waals surface area (Å²) in [7, 11) is 0. The molecule has 0 unspecified atom stereocenters. The molecule has 0 aliphatic heterocycles. The third kappa shape index (κ3) is 4.48. The first-order valence-electron chi connectivity index (χ1n) is 7.32. The highest BCUT2D eigenvalue weighted by Gasteiger charge is 2.16. The van der Waals surface area contributed by atoms with Crippen molar-refractivity contribution < 1.29 is 14.0 Å². The molecule has 1 aromatic carbocycles. The zero-order chi connectivity index (χ0) is 15.8. The van der Waals surface area contributed by atoms with Gasteiger partial charge in [0.25, 0.3) is 5.91 Å². The third-order valence-corrected chi connectivity index (χ3v) is 3.38. The second-order valence-electron chi connectivity index (χ2n) is 4.91. The van der Waals surface area contributed by atoms with E-state index in [0.717, 1.165) is 5.56 Å². The summed E-state index contributed by atoms with van der Waals surface area (Å²) < 4.78 is 4.92. The largest absolute Gasteiger partial charge is 0.472 e. The fraction of sp³-hybridized carbons (Fsp3) is 0.294. The van der Waals surface area contributed by atoms with E-state index in [0.29, 0.717) is 25.2 Å². The van der Waals surface area contributed by atoms with Crippen molar-refractivity contribution in [1.29, 1.82) is 0 Å². The lowest BCUT2D eigenvalue weighted by molar-refractivity contribution is -0.121. The molecular weight excluding hydrogens is 280 g/mol. The van der Waals surface area contributed by atoms with E-state index in [9.17, 15) is 9.59 Å². The van der Waals surface area contributed by atoms with Crippen LogP contribution < -0.4 is 5.32 Å². The monoisotopic (exact) mass is 300 g/mol. The van der Waals surface area contributed by atoms with Gasteiger partial charge >= 0.3 is 0 Å². The Morgan fingerprint density at radius 3 is 2.59 bits per heavy atom. The molecular formula is C17H20N2O3. The summed E-state index contributed by atoms with van der Waals surface area (Å²) in [5, 5.41) is 2.86. The highest BCUT2D eigenvalue weighted by molar-refractivity contribution is 5.94. The Bertz CT molecular complexity index is 594. The van der Waals surface area contributed by atoms with E-state index < -0.39 is 0 Å². The fourth-order valence-corrected chi connectivity index (χ4v) is 2.09. The second-order valence-corrected chi connectivity index (χ2v) is 4.91. The summed E-state index contributed by atoms with van der Waals surface area (Å²) in [6, 6.07) is 11.3. The molecule has 0 radical (unpaired) electrons. The van der Waals surface area contributed by atoms with E-state index in [1.54, 1.807) is 11.0 Å². The minimum absolute atomic E-state index is 0.0673. The standard InChI is InChI=1S/C17H20N2O3/c1-2-19(17(21)15-9-11-22-13-15)10-8-16(20)18-12-14-6-4-3-5-7-14/h3-7,9,11,13H,2,8,10,12H2,1H3,(H,18,20). The molecule has 2 rings (SSSR count). The lowest BCUT2D eigenvalue weighted by Crippen LogP contribution is -2.34. The smallest absolute Gasteiger partial charge is 0.257 e. The number of rotatable bonds is 7. The predicted octanol–water partition coefficient (Wildman–Crippen LogP) is 2.45. The van der Waals surface area contributed by atoms with E-state index in [1.807, 2.05) is 37.3 Å². The number of amides is 2. The summed E-state index contributed by atoms with van der Waals surface area (Å²) in [5.41, 5.74) is 1.56. The summed E-state index contributed by atoms with van der Waals surface area (Å²) in [5.74, 6) is -0.186. The van der Waals surface area contributed by atoms with Crippen LogP contribution in [-0.4, -0.2) is 29.8 Å². The first-order valence-corrected chi connectivity index (χ1v) is 7.32. The SMILES string of the molecule is CCN(CCC(=O)NCc1ccccc1)C(=O)c1ccoc1. The van der Waals surface area contributed by atoms with Crippen LogP contribution in [0.25, 0.3) is 0 Å². The molecule has 5 nitrogen and oxygen atoms in total. The van der Waals surface area contributed by atoms with Gasteiger partial charge < -0.3 is 14.6 Å². The molecule has 1 N–H and O–H groups in total. The molecule has 0 spiro atoms. The molecule has 1 aromatic heterocycles. The van der Waals surface area contributed by atoms with Crippen molar-refractivity contribution in [2.45, 2.75) is 19.9 Å². The van der Waals surface area contributed by atoms with Gasteiger partial charge in [0.2, 0.25) is 5.91 Å². The van der Waals surface area contributed by atoms with Crippen molar-refractivity contribution in [3.05, 3.63) is 60.1 Å². The van der Waals surface area contributed by atoms with Gasteiger partial charge in [-0.05, 0) is 18.6 Å². The van der Waals surface area contributed by atoms with Crippen LogP contribution in [-0.2, 0) is 11.3 Å². The molecule has 116 valence electrons. The topological polar surface area (TPSA) is 62.6 Å². The molecule has 1 heterocycles. The Morgan fingerprint density at radius 1 is 1.18 bits per heavy atom. The normalized spacial score (nSPS) is 10.2. The maximum Gasteiger partial charge on any atom is 0.257 e. The molecule has 0 bridgehead atoms. The van der Waals surface area contributed by atoms with E-state index in [1.165, 1.54) is 12.5 Å². The van der Waals surface area contributed by atoms with Gasteiger partial charge in [0.05, 0.1) is 11.8 Å². The molecule has 2 amide bonds. The number of nitrogens with zero attached hydrogens (tertiary/aromatic N) is 1. The number of carbonyl (C=O) groups excluding carboxylic acids is 2. The average Bonchev–Trinajstić information content (AvgIpc) is 3.08. The van der Waals surface area contributed by atoms with Crippen LogP contribution in [0.2, 0.25) is 0 Å². The number of benzene rings is 1. The minimum atomic E-state index is -0.118. The molecule has 0 atom stereocenters. The van der Waals surface area contributed by atoms with Crippen molar-refractivity contribution in [1.82, 2.24) is 10.2 Å². The first kappa shape index (κ1) is 15.8. The molecule has 0 aliphatic rings. The van der Waals surface area contributed by atoms with Crippen LogP contribution in [0.3, 0.4) is 0 Å². The lowest BCUT2D eigenvalue weighted by atomic mass is 10.2. The minimum Gasteiger partial charge on any atom is -0.472 e. The van der Waals surface area contributed by atoms with Gasteiger partial charge in [-0.3, -0.25) is 9.59 Å². The molecule has 0 saturated carbocycles. The summed E-state index contributed by atoms with van der Waals surface area (Å²) in [4.78, 5) is 25.7. The Balaban J connectivity index is 1.78. The van der Waals surface area contributed by atoms with Gasteiger partial charge in [-0.15, -0.1) is 0 Å². The van der Waals surface area contributed by atoms with Crippen LogP contribution in [0.15, 0.2) is 53.3 Å². The maximum absolute atomic E-state index is 12.2. The predicted molar refractivity (Wildman–Crippen MR) is 83.2 cm³/mol.